The number of hydrogen-bond donors (Lipinski definition) is 1. The van der Waals surface area contributed by atoms with Crippen LogP contribution in [0.4, 0.5) is 0 Å². The third-order valence-electron chi connectivity index (χ3n) is 3.71. The van der Waals surface area contributed by atoms with Crippen molar-refractivity contribution in [2.24, 2.45) is 15.9 Å². The molecule has 0 aromatic heterocycles. The highest BCUT2D eigenvalue weighted by atomic mass is 32.2. The van der Waals surface area contributed by atoms with Crippen molar-refractivity contribution in [3.63, 3.8) is 0 Å². The minimum absolute atomic E-state index is 0.164. The Balaban J connectivity index is 2.15. The number of thioether (sulfide) groups is 1. The van der Waals surface area contributed by atoms with Gasteiger partial charge in [0.2, 0.25) is 0 Å². The molecule has 0 heterocycles. The van der Waals surface area contributed by atoms with Crippen LogP contribution in [0.2, 0.25) is 0 Å². The molecule has 0 amide bonds. The van der Waals surface area contributed by atoms with Crippen LogP contribution in [0.3, 0.4) is 0 Å². The minimum atomic E-state index is 0.164. The number of hydrogen-bond acceptors (Lipinski definition) is 5. The summed E-state index contributed by atoms with van der Waals surface area (Å²) in [4.78, 5) is 0. The second kappa shape index (κ2) is 12.3. The molecule has 29 heavy (non-hydrogen) atoms. The van der Waals surface area contributed by atoms with Gasteiger partial charge >= 0.3 is 0 Å². The molecule has 0 unspecified atom stereocenters. The molecule has 0 saturated carbocycles. The first-order valence-electron chi connectivity index (χ1n) is 9.18. The first-order chi connectivity index (χ1) is 14.2. The number of ether oxygens (including phenoxy) is 2. The minimum Gasteiger partial charge on any atom is -0.490 e. The van der Waals surface area contributed by atoms with Gasteiger partial charge in [-0.1, -0.05) is 54.1 Å². The topological polar surface area (TPSA) is 69.2 Å². The largest absolute Gasteiger partial charge is 0.490 e. The Morgan fingerprint density at radius 3 is 2.76 bits per heavy atom. The summed E-state index contributed by atoms with van der Waals surface area (Å²) in [6.07, 6.45) is 9.37. The summed E-state index contributed by atoms with van der Waals surface area (Å²) in [6, 6.07) is 13.9. The number of nitrogens with zero attached hydrogens (tertiary/aromatic N) is 2. The van der Waals surface area contributed by atoms with Crippen molar-refractivity contribution < 1.29 is 9.47 Å². The number of nitrogens with two attached hydrogens (primary N) is 1. The highest BCUT2D eigenvalue weighted by Crippen LogP contribution is 2.33. The third-order valence-corrected chi connectivity index (χ3v) is 4.57. The van der Waals surface area contributed by atoms with Crippen LogP contribution in [0.15, 0.2) is 65.3 Å². The fraction of sp³-hybridized carbons (Fsp3) is 0.217. The van der Waals surface area contributed by atoms with E-state index in [1.807, 2.05) is 49.4 Å². The first-order valence-corrected chi connectivity index (χ1v) is 10.2. The van der Waals surface area contributed by atoms with Crippen LogP contribution < -0.4 is 15.2 Å². The van der Waals surface area contributed by atoms with E-state index in [1.54, 1.807) is 12.3 Å². The first kappa shape index (κ1) is 22.1. The normalized spacial score (nSPS) is 11.2. The van der Waals surface area contributed by atoms with Crippen LogP contribution in [0.25, 0.3) is 0 Å². The van der Waals surface area contributed by atoms with Gasteiger partial charge in [-0.15, -0.1) is 18.1 Å². The molecule has 150 valence electrons. The number of rotatable bonds is 10. The maximum atomic E-state index is 5.94. The molecule has 0 aliphatic carbocycles. The molecule has 0 radical (unpaired) electrons. The zero-order valence-electron chi connectivity index (χ0n) is 16.5. The Kier molecular flexibility index (Phi) is 9.40. The fourth-order valence-corrected chi connectivity index (χ4v) is 3.13. The van der Waals surface area contributed by atoms with E-state index in [0.29, 0.717) is 29.7 Å². The summed E-state index contributed by atoms with van der Waals surface area (Å²) in [7, 11) is 0. The number of benzene rings is 2. The average Bonchev–Trinajstić information content (AvgIpc) is 2.73. The smallest absolute Gasteiger partial charge is 0.180 e. The molecule has 0 fully saturated rings. The second-order valence-corrected chi connectivity index (χ2v) is 6.88. The summed E-state index contributed by atoms with van der Waals surface area (Å²) >= 11 is 1.44. The van der Waals surface area contributed by atoms with Gasteiger partial charge in [0, 0.05) is 11.3 Å². The quantitative estimate of drug-likeness (QED) is 0.208. The van der Waals surface area contributed by atoms with Gasteiger partial charge in [-0.05, 0) is 36.6 Å². The van der Waals surface area contributed by atoms with Crippen molar-refractivity contribution in [2.45, 2.75) is 19.1 Å². The van der Waals surface area contributed by atoms with Gasteiger partial charge < -0.3 is 15.2 Å². The van der Waals surface area contributed by atoms with E-state index >= 15 is 0 Å². The van der Waals surface area contributed by atoms with Gasteiger partial charge in [0.15, 0.2) is 16.7 Å². The number of allylic oxidation sites excluding steroid dienone is 1. The molecule has 0 spiro atoms. The van der Waals surface area contributed by atoms with Crippen molar-refractivity contribution in [3.05, 3.63) is 71.8 Å². The molecule has 0 saturated heterocycles. The molecule has 0 aliphatic rings. The van der Waals surface area contributed by atoms with Crippen LogP contribution >= 0.6 is 11.8 Å². The van der Waals surface area contributed by atoms with E-state index in [2.05, 4.69) is 22.7 Å². The van der Waals surface area contributed by atoms with E-state index in [9.17, 15) is 0 Å². The Hall–Kier alpha value is -3.17. The Labute approximate surface area is 176 Å². The summed E-state index contributed by atoms with van der Waals surface area (Å²) in [5.41, 5.74) is 8.86. The van der Waals surface area contributed by atoms with Crippen molar-refractivity contribution in [2.75, 3.05) is 13.2 Å². The standard InChI is InChI=1S/C23H25N3O2S/c1-4-10-20-14-19(15-21(27-6-3)22(20)28-13-5-2)16-25-26-23(24)29-17-18-11-8-7-9-12-18/h2,4,7-9,11-12,14-16H,1,6,10,13,17H2,3H3,(H2,24,26). The Bertz CT molecular complexity index is 902. The van der Waals surface area contributed by atoms with Crippen LogP contribution in [0.5, 0.6) is 11.5 Å². The van der Waals surface area contributed by atoms with E-state index in [-0.39, 0.29) is 6.61 Å². The molecule has 0 bridgehead atoms. The Morgan fingerprint density at radius 1 is 1.28 bits per heavy atom. The van der Waals surface area contributed by atoms with Crippen molar-refractivity contribution in [1.29, 1.82) is 0 Å². The Morgan fingerprint density at radius 2 is 2.07 bits per heavy atom. The fourth-order valence-electron chi connectivity index (χ4n) is 2.52. The van der Waals surface area contributed by atoms with E-state index < -0.39 is 0 Å². The van der Waals surface area contributed by atoms with E-state index in [1.165, 1.54) is 17.3 Å². The summed E-state index contributed by atoms with van der Waals surface area (Å²) < 4.78 is 11.4. The zero-order valence-corrected chi connectivity index (χ0v) is 17.3. The lowest BCUT2D eigenvalue weighted by Gasteiger charge is -2.15. The molecule has 2 aromatic carbocycles. The van der Waals surface area contributed by atoms with Gasteiger partial charge in [0.05, 0.1) is 12.8 Å². The number of amidine groups is 1. The predicted molar refractivity (Wildman–Crippen MR) is 123 cm³/mol. The average molecular weight is 408 g/mol. The molecule has 0 atom stereocenters. The highest BCUT2D eigenvalue weighted by Gasteiger charge is 2.12. The molecule has 2 rings (SSSR count). The van der Waals surface area contributed by atoms with Crippen LogP contribution in [0, 0.1) is 12.3 Å². The summed E-state index contributed by atoms with van der Waals surface area (Å²) in [5, 5.41) is 8.58. The zero-order chi connectivity index (χ0) is 20.9. The van der Waals surface area contributed by atoms with E-state index in [4.69, 9.17) is 21.6 Å². The van der Waals surface area contributed by atoms with Gasteiger partial charge in [0.1, 0.15) is 6.61 Å². The third kappa shape index (κ3) is 7.40. The molecular weight excluding hydrogens is 382 g/mol. The van der Waals surface area contributed by atoms with Gasteiger partial charge in [-0.25, -0.2) is 0 Å². The van der Waals surface area contributed by atoms with Crippen molar-refractivity contribution >= 4 is 23.1 Å². The summed E-state index contributed by atoms with van der Waals surface area (Å²) in [6.45, 7) is 6.38. The monoisotopic (exact) mass is 407 g/mol. The van der Waals surface area contributed by atoms with Gasteiger partial charge in [-0.3, -0.25) is 0 Å². The predicted octanol–water partition coefficient (Wildman–Crippen LogP) is 4.41. The molecule has 2 aromatic rings. The molecular formula is C23H25N3O2S. The molecule has 0 aliphatic heterocycles. The highest BCUT2D eigenvalue weighted by molar-refractivity contribution is 8.13. The van der Waals surface area contributed by atoms with Crippen molar-refractivity contribution in [1.82, 2.24) is 0 Å². The SMILES string of the molecule is C#CCOc1c(CC=C)cc(C=NN=C(N)SCc2ccccc2)cc1OCC. The lowest BCUT2D eigenvalue weighted by atomic mass is 10.1. The molecule has 5 nitrogen and oxygen atoms in total. The molecule has 6 heteroatoms. The van der Waals surface area contributed by atoms with E-state index in [0.717, 1.165) is 16.9 Å². The van der Waals surface area contributed by atoms with Crippen LogP contribution in [0.1, 0.15) is 23.6 Å². The maximum absolute atomic E-state index is 5.94. The maximum Gasteiger partial charge on any atom is 0.180 e. The number of terminal acetylenes is 1. The van der Waals surface area contributed by atoms with Gasteiger partial charge in [-0.2, -0.15) is 5.10 Å². The van der Waals surface area contributed by atoms with Crippen LogP contribution in [-0.4, -0.2) is 24.6 Å². The lowest BCUT2D eigenvalue weighted by Crippen LogP contribution is -2.06. The van der Waals surface area contributed by atoms with Crippen molar-refractivity contribution in [3.8, 4) is 23.8 Å². The second-order valence-electron chi connectivity index (χ2n) is 5.88. The van der Waals surface area contributed by atoms with Gasteiger partial charge in [0.25, 0.3) is 0 Å². The lowest BCUT2D eigenvalue weighted by molar-refractivity contribution is 0.297. The molecule has 2 N–H and O–H groups in total. The van der Waals surface area contributed by atoms with Crippen LogP contribution in [-0.2, 0) is 12.2 Å². The summed E-state index contributed by atoms with van der Waals surface area (Å²) in [5.74, 6) is 4.46.